The van der Waals surface area contributed by atoms with Crippen molar-refractivity contribution in [2.24, 2.45) is 0 Å². The Labute approximate surface area is 184 Å². The van der Waals surface area contributed by atoms with Crippen LogP contribution in [-0.4, -0.2) is 83.5 Å². The summed E-state index contributed by atoms with van der Waals surface area (Å²) in [6.45, 7) is 2.09. The van der Waals surface area contributed by atoms with E-state index < -0.39 is 0 Å². The Morgan fingerprint density at radius 2 is 1.77 bits per heavy atom. The van der Waals surface area contributed by atoms with Crippen LogP contribution in [-0.2, 0) is 0 Å². The summed E-state index contributed by atoms with van der Waals surface area (Å²) in [5.41, 5.74) is 2.51. The minimum absolute atomic E-state index is 0. The van der Waals surface area contributed by atoms with E-state index in [4.69, 9.17) is 11.6 Å². The van der Waals surface area contributed by atoms with Gasteiger partial charge < -0.3 is 9.80 Å². The Hall–Kier alpha value is 0.476. The van der Waals surface area contributed by atoms with Crippen molar-refractivity contribution in [1.82, 2.24) is 4.90 Å². The van der Waals surface area contributed by atoms with Gasteiger partial charge in [-0.2, -0.15) is 0 Å². The maximum atomic E-state index is 6.21. The molecule has 1 aliphatic heterocycles. The SMILES string of the molecule is CN(C)CCCN1c2ccccc2Sc2ccc(Cl)cc21.[KH]. The number of hydrogen-bond donors (Lipinski definition) is 0. The average molecular weight is 359 g/mol. The minimum atomic E-state index is 0. The Morgan fingerprint density at radius 3 is 2.55 bits per heavy atom. The van der Waals surface area contributed by atoms with Gasteiger partial charge in [0, 0.05) is 21.4 Å². The van der Waals surface area contributed by atoms with Crippen LogP contribution in [0, 0.1) is 0 Å². The van der Waals surface area contributed by atoms with E-state index in [2.05, 4.69) is 60.3 Å². The molecule has 0 spiro atoms. The molecule has 0 radical (unpaired) electrons. The van der Waals surface area contributed by atoms with E-state index in [1.54, 1.807) is 0 Å². The second-order valence-corrected chi connectivity index (χ2v) is 7.01. The van der Waals surface area contributed by atoms with Crippen LogP contribution in [0.1, 0.15) is 6.42 Å². The fourth-order valence-electron chi connectivity index (χ4n) is 2.59. The van der Waals surface area contributed by atoms with E-state index in [1.165, 1.54) is 21.2 Å². The van der Waals surface area contributed by atoms with Crippen molar-refractivity contribution in [2.45, 2.75) is 16.2 Å². The molecule has 3 rings (SSSR count). The van der Waals surface area contributed by atoms with Gasteiger partial charge in [0.15, 0.2) is 0 Å². The summed E-state index contributed by atoms with van der Waals surface area (Å²) in [6.07, 6.45) is 1.12. The van der Waals surface area contributed by atoms with Gasteiger partial charge in [-0.15, -0.1) is 0 Å². The van der Waals surface area contributed by atoms with Gasteiger partial charge in [0.1, 0.15) is 0 Å². The summed E-state index contributed by atoms with van der Waals surface area (Å²) in [4.78, 5) is 7.22. The summed E-state index contributed by atoms with van der Waals surface area (Å²) in [5.74, 6) is 0. The van der Waals surface area contributed by atoms with Crippen LogP contribution in [0.5, 0.6) is 0 Å². The Bertz CT molecular complexity index is 648. The number of hydrogen-bond acceptors (Lipinski definition) is 3. The molecule has 0 saturated carbocycles. The topological polar surface area (TPSA) is 6.48 Å². The van der Waals surface area contributed by atoms with Crippen LogP contribution in [0.4, 0.5) is 11.4 Å². The van der Waals surface area contributed by atoms with Crippen LogP contribution in [0.15, 0.2) is 52.3 Å². The molecular formula is C17H20ClKN2S. The summed E-state index contributed by atoms with van der Waals surface area (Å²) in [5, 5.41) is 0.798. The normalized spacial score (nSPS) is 12.6. The van der Waals surface area contributed by atoms with Crippen molar-refractivity contribution in [1.29, 1.82) is 0 Å². The molecule has 0 saturated heterocycles. The first-order valence-electron chi connectivity index (χ1n) is 7.14. The fourth-order valence-corrected chi connectivity index (χ4v) is 3.83. The number of anilines is 2. The van der Waals surface area contributed by atoms with Crippen LogP contribution in [0.25, 0.3) is 0 Å². The van der Waals surface area contributed by atoms with Crippen molar-refractivity contribution in [3.05, 3.63) is 47.5 Å². The molecule has 22 heavy (non-hydrogen) atoms. The van der Waals surface area contributed by atoms with E-state index in [9.17, 15) is 0 Å². The summed E-state index contributed by atoms with van der Waals surface area (Å²) in [6, 6.07) is 14.8. The molecule has 2 aromatic carbocycles. The molecule has 2 aromatic rings. The van der Waals surface area contributed by atoms with Crippen molar-refractivity contribution in [2.75, 3.05) is 32.1 Å². The molecule has 0 atom stereocenters. The molecule has 0 amide bonds. The quantitative estimate of drug-likeness (QED) is 0.754. The standard InChI is InChI=1S/C17H19ClN2S.K.H/c1-19(2)10-5-11-20-14-6-3-4-7-16(14)21-17-9-8-13(18)12-15(17)20;;/h3-4,6-9,12H,5,10-11H2,1-2H3;;. The van der Waals surface area contributed by atoms with Crippen molar-refractivity contribution >= 4 is 86.1 Å². The number of halogens is 1. The van der Waals surface area contributed by atoms with Gasteiger partial charge >= 0.3 is 51.4 Å². The summed E-state index contributed by atoms with van der Waals surface area (Å²) < 4.78 is 0. The van der Waals surface area contributed by atoms with E-state index in [1.807, 2.05) is 17.8 Å². The molecule has 112 valence electrons. The molecule has 0 aliphatic carbocycles. The van der Waals surface area contributed by atoms with Crippen LogP contribution in [0.2, 0.25) is 5.02 Å². The molecule has 0 unspecified atom stereocenters. The monoisotopic (exact) mass is 358 g/mol. The van der Waals surface area contributed by atoms with E-state index >= 15 is 0 Å². The molecule has 2 nitrogen and oxygen atoms in total. The van der Waals surface area contributed by atoms with Crippen LogP contribution >= 0.6 is 23.4 Å². The van der Waals surface area contributed by atoms with Gasteiger partial charge in [-0.25, -0.2) is 0 Å². The average Bonchev–Trinajstić information content (AvgIpc) is 2.46. The second kappa shape index (κ2) is 8.54. The Kier molecular flexibility index (Phi) is 7.30. The van der Waals surface area contributed by atoms with Gasteiger partial charge in [-0.3, -0.25) is 0 Å². The van der Waals surface area contributed by atoms with E-state index in [-0.39, 0.29) is 51.4 Å². The van der Waals surface area contributed by atoms with Gasteiger partial charge in [-0.1, -0.05) is 35.5 Å². The molecule has 1 aliphatic rings. The second-order valence-electron chi connectivity index (χ2n) is 5.49. The van der Waals surface area contributed by atoms with Crippen molar-refractivity contribution in [3.63, 3.8) is 0 Å². The predicted molar refractivity (Wildman–Crippen MR) is 99.3 cm³/mol. The first-order chi connectivity index (χ1) is 10.1. The predicted octanol–water partition coefficient (Wildman–Crippen LogP) is 4.25. The number of para-hydroxylation sites is 1. The van der Waals surface area contributed by atoms with Crippen molar-refractivity contribution < 1.29 is 0 Å². The fraction of sp³-hybridized carbons (Fsp3) is 0.294. The first-order valence-corrected chi connectivity index (χ1v) is 8.33. The molecule has 0 aromatic heterocycles. The molecule has 0 fully saturated rings. The van der Waals surface area contributed by atoms with Gasteiger partial charge in [0.05, 0.1) is 11.4 Å². The number of benzene rings is 2. The van der Waals surface area contributed by atoms with Gasteiger partial charge in [-0.05, 0) is 57.4 Å². The summed E-state index contributed by atoms with van der Waals surface area (Å²) in [7, 11) is 4.23. The van der Waals surface area contributed by atoms with Gasteiger partial charge in [0.25, 0.3) is 0 Å². The van der Waals surface area contributed by atoms with Crippen molar-refractivity contribution in [3.8, 4) is 0 Å². The third-order valence-electron chi connectivity index (χ3n) is 3.57. The summed E-state index contributed by atoms with van der Waals surface area (Å²) >= 11 is 8.03. The zero-order valence-electron chi connectivity index (χ0n) is 12.3. The molecule has 0 N–H and O–H groups in total. The first kappa shape index (κ1) is 18.8. The number of rotatable bonds is 4. The zero-order valence-corrected chi connectivity index (χ0v) is 13.9. The number of fused-ring (bicyclic) bond motifs is 2. The molecule has 0 bridgehead atoms. The molecular weight excluding hydrogens is 339 g/mol. The van der Waals surface area contributed by atoms with Crippen LogP contribution in [0.3, 0.4) is 0 Å². The van der Waals surface area contributed by atoms with Gasteiger partial charge in [0.2, 0.25) is 0 Å². The number of nitrogens with zero attached hydrogens (tertiary/aromatic N) is 2. The zero-order chi connectivity index (χ0) is 14.8. The third-order valence-corrected chi connectivity index (χ3v) is 4.94. The Morgan fingerprint density at radius 1 is 1.05 bits per heavy atom. The van der Waals surface area contributed by atoms with E-state index in [0.29, 0.717) is 0 Å². The van der Waals surface area contributed by atoms with E-state index in [0.717, 1.165) is 24.5 Å². The molecule has 1 heterocycles. The maximum absolute atomic E-state index is 6.21. The molecule has 5 heteroatoms. The Balaban J connectivity index is 0.00000176. The third kappa shape index (κ3) is 4.31. The van der Waals surface area contributed by atoms with Crippen LogP contribution < -0.4 is 4.90 Å².